The van der Waals surface area contributed by atoms with E-state index in [9.17, 15) is 0 Å². The first kappa shape index (κ1) is 19.5. The number of rotatable bonds is 0. The van der Waals surface area contributed by atoms with Gasteiger partial charge in [-0.3, -0.25) is 0 Å². The quantitative estimate of drug-likeness (QED) is 0.581. The first-order chi connectivity index (χ1) is 5.00. The molecule has 1 heteroatoms. The summed E-state index contributed by atoms with van der Waals surface area (Å²) in [7, 11) is 0. The Hall–Kier alpha value is 0.883. The minimum Gasteiger partial charge on any atom is -0.358 e. The summed E-state index contributed by atoms with van der Waals surface area (Å²) < 4.78 is 0. The molecular weight excluding hydrogens is 235 g/mol. The van der Waals surface area contributed by atoms with Crippen LogP contribution < -0.4 is 0 Å². The maximum absolute atomic E-state index is 2.00. The van der Waals surface area contributed by atoms with Crippen molar-refractivity contribution in [3.63, 3.8) is 0 Å². The summed E-state index contributed by atoms with van der Waals surface area (Å²) in [6, 6.07) is 0. The van der Waals surface area contributed by atoms with Crippen molar-refractivity contribution in [1.29, 1.82) is 0 Å². The first-order valence-corrected chi connectivity index (χ1v) is 3.33. The van der Waals surface area contributed by atoms with Gasteiger partial charge in [0.05, 0.1) is 0 Å². The van der Waals surface area contributed by atoms with E-state index in [0.29, 0.717) is 0 Å². The third-order valence-electron chi connectivity index (χ3n) is 1.11. The molecule has 2 rings (SSSR count). The molecule has 2 saturated carbocycles. The van der Waals surface area contributed by atoms with Crippen molar-refractivity contribution in [2.45, 2.75) is 0 Å². The molecule has 0 aromatic carbocycles. The zero-order chi connectivity index (χ0) is 7.07. The monoisotopic (exact) mass is 250 g/mol. The largest absolute Gasteiger partial charge is 2.00 e. The Morgan fingerprint density at radius 2 is 0.385 bits per heavy atom. The summed E-state index contributed by atoms with van der Waals surface area (Å²) in [5, 5.41) is 0. The smallest absolute Gasteiger partial charge is 0.358 e. The van der Waals surface area contributed by atoms with Crippen LogP contribution in [0.5, 0.6) is 0 Å². The van der Waals surface area contributed by atoms with Crippen molar-refractivity contribution in [2.75, 3.05) is 0 Å². The first-order valence-electron chi connectivity index (χ1n) is 3.33. The van der Waals surface area contributed by atoms with Crippen LogP contribution in [0.25, 0.3) is 0 Å². The van der Waals surface area contributed by atoms with E-state index < -0.39 is 0 Å². The van der Waals surface area contributed by atoms with Crippen molar-refractivity contribution in [3.8, 4) is 0 Å². The second-order valence-corrected chi connectivity index (χ2v) is 1.92. The minimum absolute atomic E-state index is 0. The Kier molecular flexibility index (Phi) is 23.0. The van der Waals surface area contributed by atoms with Crippen LogP contribution in [0.2, 0.25) is 0 Å². The Balaban J connectivity index is -0.000000125. The van der Waals surface area contributed by atoms with E-state index in [1.54, 1.807) is 0 Å². The fourth-order valence-corrected chi connectivity index (χ4v) is 0.642. The van der Waals surface area contributed by atoms with E-state index in [4.69, 9.17) is 0 Å². The van der Waals surface area contributed by atoms with E-state index in [-0.39, 0.29) is 41.1 Å². The van der Waals surface area contributed by atoms with Gasteiger partial charge in [0, 0.05) is 0 Å². The van der Waals surface area contributed by atoms with Gasteiger partial charge >= 0.3 is 26.2 Å². The molecule has 0 bridgehead atoms. The summed E-state index contributed by atoms with van der Waals surface area (Å²) in [5.74, 6) is 0. The SMILES string of the molecule is [CH3-].[CH3-].[CH]1[CH][CH][CH][CH]1.[CH]1[CH][CH][CH][CH]1.[Zr+2]. The maximum atomic E-state index is 2.00. The van der Waals surface area contributed by atoms with Crippen LogP contribution >= 0.6 is 0 Å². The summed E-state index contributed by atoms with van der Waals surface area (Å²) in [6.07, 6.45) is 20.0. The molecule has 0 heterocycles. The summed E-state index contributed by atoms with van der Waals surface area (Å²) in [4.78, 5) is 0. The van der Waals surface area contributed by atoms with E-state index in [0.717, 1.165) is 0 Å². The zero-order valence-electron chi connectivity index (χ0n) is 8.27. The molecule has 0 unspecified atom stereocenters. The van der Waals surface area contributed by atoms with Gasteiger partial charge < -0.3 is 14.9 Å². The number of hydrogen-bond acceptors (Lipinski definition) is 0. The Labute approximate surface area is 105 Å². The fourth-order valence-electron chi connectivity index (χ4n) is 0.642. The van der Waals surface area contributed by atoms with Crippen LogP contribution in [-0.4, -0.2) is 0 Å². The zero-order valence-corrected chi connectivity index (χ0v) is 10.7. The molecule has 68 valence electrons. The van der Waals surface area contributed by atoms with E-state index >= 15 is 0 Å². The predicted octanol–water partition coefficient (Wildman–Crippen LogP) is 2.94. The molecule has 2 fully saturated rings. The van der Waals surface area contributed by atoms with Gasteiger partial charge in [-0.2, -0.15) is 0 Å². The normalized spacial score (nSPS) is 18.5. The average molecular weight is 251 g/mol. The fraction of sp³-hybridized carbons (Fsp3) is 0. The topological polar surface area (TPSA) is 0 Å². The van der Waals surface area contributed by atoms with Crippen molar-refractivity contribution in [3.05, 3.63) is 79.1 Å². The Bertz CT molecular complexity index is 38.3. The molecule has 0 spiro atoms. The summed E-state index contributed by atoms with van der Waals surface area (Å²) in [6.45, 7) is 0. The van der Waals surface area contributed by atoms with Crippen LogP contribution in [0.15, 0.2) is 0 Å². The summed E-state index contributed by atoms with van der Waals surface area (Å²) in [5.41, 5.74) is 0. The van der Waals surface area contributed by atoms with Gasteiger partial charge in [-0.25, -0.2) is 0 Å². The molecule has 0 N–H and O–H groups in total. The van der Waals surface area contributed by atoms with E-state index in [2.05, 4.69) is 0 Å². The van der Waals surface area contributed by atoms with Crippen LogP contribution in [0.3, 0.4) is 0 Å². The van der Waals surface area contributed by atoms with Gasteiger partial charge in [0.15, 0.2) is 0 Å². The van der Waals surface area contributed by atoms with Gasteiger partial charge in [-0.1, -0.05) is 0 Å². The number of hydrogen-bond donors (Lipinski definition) is 0. The van der Waals surface area contributed by atoms with Crippen LogP contribution in [-0.2, 0) is 26.2 Å². The molecule has 0 aliphatic heterocycles. The molecule has 2 aliphatic carbocycles. The molecular formula is C12H16Zr. The molecule has 2 aliphatic rings. The molecule has 0 amide bonds. The molecule has 0 saturated heterocycles. The molecule has 13 heavy (non-hydrogen) atoms. The Morgan fingerprint density at radius 1 is 0.308 bits per heavy atom. The Morgan fingerprint density at radius 3 is 0.462 bits per heavy atom. The van der Waals surface area contributed by atoms with Crippen molar-refractivity contribution in [2.24, 2.45) is 0 Å². The molecule has 10 radical (unpaired) electrons. The summed E-state index contributed by atoms with van der Waals surface area (Å²) >= 11 is 0. The van der Waals surface area contributed by atoms with Crippen molar-refractivity contribution < 1.29 is 26.2 Å². The van der Waals surface area contributed by atoms with E-state index in [1.165, 1.54) is 0 Å². The van der Waals surface area contributed by atoms with Gasteiger partial charge in [0.2, 0.25) is 0 Å². The van der Waals surface area contributed by atoms with E-state index in [1.807, 2.05) is 64.2 Å². The maximum Gasteiger partial charge on any atom is 2.00 e. The van der Waals surface area contributed by atoms with Gasteiger partial charge in [-0.15, -0.1) is 0 Å². The molecule has 0 atom stereocenters. The third-order valence-corrected chi connectivity index (χ3v) is 1.11. The molecule has 0 nitrogen and oxygen atoms in total. The van der Waals surface area contributed by atoms with Gasteiger partial charge in [0.25, 0.3) is 0 Å². The van der Waals surface area contributed by atoms with Crippen LogP contribution in [0.1, 0.15) is 0 Å². The van der Waals surface area contributed by atoms with Gasteiger partial charge in [0.1, 0.15) is 0 Å². The standard InChI is InChI=1S/2C5H5.2CH3.Zr/c2*1-2-4-5-3-1;;;/h2*1-5H;2*1H3;/q;;2*-1;+2. The molecule has 0 aromatic heterocycles. The van der Waals surface area contributed by atoms with Crippen molar-refractivity contribution in [1.82, 2.24) is 0 Å². The van der Waals surface area contributed by atoms with Crippen molar-refractivity contribution >= 4 is 0 Å². The second kappa shape index (κ2) is 15.4. The van der Waals surface area contributed by atoms with Gasteiger partial charge in [-0.05, 0) is 64.2 Å². The minimum atomic E-state index is 0. The van der Waals surface area contributed by atoms with Crippen LogP contribution in [0, 0.1) is 79.1 Å². The second-order valence-electron chi connectivity index (χ2n) is 1.92. The predicted molar refractivity (Wildman–Crippen MR) is 55.8 cm³/mol. The molecule has 0 aromatic rings. The third kappa shape index (κ3) is 12.9. The van der Waals surface area contributed by atoms with Crippen LogP contribution in [0.4, 0.5) is 0 Å². The average Bonchev–Trinajstić information content (AvgIpc) is 2.67.